The Hall–Kier alpha value is -2.19. The van der Waals surface area contributed by atoms with Gasteiger partial charge in [0, 0.05) is 11.4 Å². The van der Waals surface area contributed by atoms with E-state index in [2.05, 4.69) is 20.0 Å². The Kier molecular flexibility index (Phi) is 3.65. The first-order valence-electron chi connectivity index (χ1n) is 8.00. The molecule has 1 aliphatic heterocycles. The molecular formula is C16H18N4O3S. The van der Waals surface area contributed by atoms with Gasteiger partial charge in [-0.2, -0.15) is 0 Å². The summed E-state index contributed by atoms with van der Waals surface area (Å²) in [7, 11) is -3.65. The monoisotopic (exact) mass is 346 g/mol. The number of carbonyl (C=O) groups excluding carboxylic acids is 1. The Morgan fingerprint density at radius 2 is 2.04 bits per heavy atom. The van der Waals surface area contributed by atoms with E-state index in [1.165, 1.54) is 6.07 Å². The Morgan fingerprint density at radius 1 is 1.21 bits per heavy atom. The fourth-order valence-corrected chi connectivity index (χ4v) is 4.25. The molecule has 2 aromatic rings. The number of H-pyrrole nitrogens is 1. The normalized spacial score (nSPS) is 16.6. The zero-order chi connectivity index (χ0) is 16.7. The molecule has 126 valence electrons. The molecule has 0 radical (unpaired) electrons. The van der Waals surface area contributed by atoms with Crippen molar-refractivity contribution in [2.45, 2.75) is 43.5 Å². The van der Waals surface area contributed by atoms with Gasteiger partial charge in [-0.25, -0.2) is 18.1 Å². The van der Waals surface area contributed by atoms with E-state index in [4.69, 9.17) is 0 Å². The van der Waals surface area contributed by atoms with Gasteiger partial charge in [0.25, 0.3) is 0 Å². The van der Waals surface area contributed by atoms with Crippen LogP contribution >= 0.6 is 0 Å². The average molecular weight is 346 g/mol. The number of hydrogen-bond acceptors (Lipinski definition) is 4. The topological polar surface area (TPSA) is 104 Å². The van der Waals surface area contributed by atoms with E-state index in [-0.39, 0.29) is 23.8 Å². The van der Waals surface area contributed by atoms with Crippen molar-refractivity contribution in [3.63, 3.8) is 0 Å². The molecule has 1 aromatic heterocycles. The number of aromatic nitrogens is 2. The number of fused-ring (bicyclic) bond motifs is 2. The van der Waals surface area contributed by atoms with Gasteiger partial charge in [-0.1, -0.05) is 0 Å². The van der Waals surface area contributed by atoms with Crippen LogP contribution in [-0.4, -0.2) is 24.3 Å². The van der Waals surface area contributed by atoms with E-state index in [9.17, 15) is 13.2 Å². The predicted octanol–water partition coefficient (Wildman–Crippen LogP) is 1.26. The van der Waals surface area contributed by atoms with Crippen LogP contribution in [0, 0.1) is 0 Å². The maximum atomic E-state index is 12.5. The van der Waals surface area contributed by atoms with Crippen LogP contribution in [0.2, 0.25) is 0 Å². The van der Waals surface area contributed by atoms with Gasteiger partial charge in [0.1, 0.15) is 5.82 Å². The first-order valence-corrected chi connectivity index (χ1v) is 9.49. The lowest BCUT2D eigenvalue weighted by atomic mass is 10.0. The van der Waals surface area contributed by atoms with Crippen LogP contribution in [0.3, 0.4) is 0 Å². The highest BCUT2D eigenvalue weighted by atomic mass is 32.2. The molecule has 8 heteroatoms. The molecule has 7 nitrogen and oxygen atoms in total. The van der Waals surface area contributed by atoms with Gasteiger partial charge in [-0.15, -0.1) is 0 Å². The van der Waals surface area contributed by atoms with Crippen LogP contribution in [0.1, 0.15) is 35.6 Å². The van der Waals surface area contributed by atoms with Gasteiger partial charge in [0.15, 0.2) is 0 Å². The van der Waals surface area contributed by atoms with Crippen molar-refractivity contribution in [2.24, 2.45) is 0 Å². The number of amides is 1. The molecule has 2 aliphatic rings. The van der Waals surface area contributed by atoms with Crippen LogP contribution in [0.15, 0.2) is 23.1 Å². The predicted molar refractivity (Wildman–Crippen MR) is 88.0 cm³/mol. The molecule has 1 aromatic carbocycles. The van der Waals surface area contributed by atoms with Crippen LogP contribution in [0.25, 0.3) is 0 Å². The number of rotatable bonds is 4. The summed E-state index contributed by atoms with van der Waals surface area (Å²) >= 11 is 0. The third kappa shape index (κ3) is 2.83. The molecule has 3 N–H and O–H groups in total. The summed E-state index contributed by atoms with van der Waals surface area (Å²) in [5.41, 5.74) is 3.56. The van der Waals surface area contributed by atoms with Crippen molar-refractivity contribution in [2.75, 3.05) is 5.32 Å². The van der Waals surface area contributed by atoms with Gasteiger partial charge in [-0.3, -0.25) is 4.79 Å². The molecule has 1 amide bonds. The van der Waals surface area contributed by atoms with E-state index < -0.39 is 10.0 Å². The summed E-state index contributed by atoms with van der Waals surface area (Å²) < 4.78 is 27.5. The number of anilines is 1. The largest absolute Gasteiger partial charge is 0.345 e. The number of carbonyl (C=O) groups is 1. The highest BCUT2D eigenvalue weighted by molar-refractivity contribution is 7.89. The minimum absolute atomic E-state index is 0.117. The van der Waals surface area contributed by atoms with E-state index >= 15 is 0 Å². The van der Waals surface area contributed by atoms with Gasteiger partial charge in [0.2, 0.25) is 15.9 Å². The summed E-state index contributed by atoms with van der Waals surface area (Å²) in [5, 5.41) is 2.69. The number of hydrogen-bond donors (Lipinski definition) is 3. The minimum Gasteiger partial charge on any atom is -0.345 e. The van der Waals surface area contributed by atoms with E-state index in [1.807, 2.05) is 0 Å². The lowest BCUT2D eigenvalue weighted by Crippen LogP contribution is -2.24. The fourth-order valence-electron chi connectivity index (χ4n) is 3.22. The molecule has 0 atom stereocenters. The molecule has 0 unspecified atom stereocenters. The third-order valence-corrected chi connectivity index (χ3v) is 5.84. The molecule has 0 spiro atoms. The fraction of sp³-hybridized carbons (Fsp3) is 0.375. The summed E-state index contributed by atoms with van der Waals surface area (Å²) in [6.07, 6.45) is 4.40. The smallest absolute Gasteiger partial charge is 0.240 e. The molecule has 0 saturated carbocycles. The number of imidazole rings is 1. The third-order valence-electron chi connectivity index (χ3n) is 4.45. The standard InChI is InChI=1S/C16H18N4O3S/c21-16-8-10-7-11(5-6-12(10)20-16)24(22,23)17-9-15-18-13-3-1-2-4-14(13)19-15/h5-7,17H,1-4,8-9H2,(H,18,19)(H,20,21). The van der Waals surface area contributed by atoms with Gasteiger partial charge in [0.05, 0.1) is 23.6 Å². The van der Waals surface area contributed by atoms with E-state index in [0.29, 0.717) is 17.1 Å². The molecular weight excluding hydrogens is 328 g/mol. The molecule has 0 saturated heterocycles. The van der Waals surface area contributed by atoms with Crippen molar-refractivity contribution in [3.05, 3.63) is 41.0 Å². The zero-order valence-electron chi connectivity index (χ0n) is 13.1. The summed E-state index contributed by atoms with van der Waals surface area (Å²) in [5.74, 6) is 0.525. The highest BCUT2D eigenvalue weighted by Crippen LogP contribution is 2.26. The van der Waals surface area contributed by atoms with Crippen molar-refractivity contribution in [1.82, 2.24) is 14.7 Å². The number of nitrogens with zero attached hydrogens (tertiary/aromatic N) is 1. The van der Waals surface area contributed by atoms with Crippen molar-refractivity contribution in [1.29, 1.82) is 0 Å². The number of aromatic amines is 1. The van der Waals surface area contributed by atoms with Crippen molar-refractivity contribution >= 4 is 21.6 Å². The second-order valence-electron chi connectivity index (χ2n) is 6.18. The first-order chi connectivity index (χ1) is 11.5. The van der Waals surface area contributed by atoms with Gasteiger partial charge in [-0.05, 0) is 49.4 Å². The van der Waals surface area contributed by atoms with Gasteiger partial charge < -0.3 is 10.3 Å². The number of sulfonamides is 1. The molecule has 0 bridgehead atoms. The average Bonchev–Trinajstić information content (AvgIpc) is 3.13. The van der Waals surface area contributed by atoms with Crippen LogP contribution in [-0.2, 0) is 40.6 Å². The van der Waals surface area contributed by atoms with Crippen LogP contribution < -0.4 is 10.0 Å². The zero-order valence-corrected chi connectivity index (χ0v) is 13.9. The maximum Gasteiger partial charge on any atom is 0.240 e. The molecule has 1 aliphatic carbocycles. The highest BCUT2D eigenvalue weighted by Gasteiger charge is 2.22. The lowest BCUT2D eigenvalue weighted by molar-refractivity contribution is -0.115. The Morgan fingerprint density at radius 3 is 2.88 bits per heavy atom. The number of aryl methyl sites for hydroxylation is 2. The Labute approximate surface area is 139 Å². The summed E-state index contributed by atoms with van der Waals surface area (Å²) in [6.45, 7) is 0.129. The maximum absolute atomic E-state index is 12.5. The van der Waals surface area contributed by atoms with E-state index in [0.717, 1.165) is 37.1 Å². The lowest BCUT2D eigenvalue weighted by Gasteiger charge is -2.07. The second-order valence-corrected chi connectivity index (χ2v) is 7.95. The summed E-state index contributed by atoms with van der Waals surface area (Å²) in [6, 6.07) is 4.67. The van der Waals surface area contributed by atoms with Crippen LogP contribution in [0.4, 0.5) is 5.69 Å². The Balaban J connectivity index is 1.50. The minimum atomic E-state index is -3.65. The summed E-state index contributed by atoms with van der Waals surface area (Å²) in [4.78, 5) is 19.2. The molecule has 0 fully saturated rings. The first kappa shape index (κ1) is 15.3. The molecule has 4 rings (SSSR count). The SMILES string of the molecule is O=C1Cc2cc(S(=O)(=O)NCc3nc4c([nH]3)CCCC4)ccc2N1. The van der Waals surface area contributed by atoms with Crippen LogP contribution in [0.5, 0.6) is 0 Å². The van der Waals surface area contributed by atoms with Crippen molar-refractivity contribution in [3.8, 4) is 0 Å². The number of benzene rings is 1. The van der Waals surface area contributed by atoms with Gasteiger partial charge >= 0.3 is 0 Å². The quantitative estimate of drug-likeness (QED) is 0.775. The molecule has 24 heavy (non-hydrogen) atoms. The second kappa shape index (κ2) is 5.71. The Bertz CT molecular complexity index is 894. The van der Waals surface area contributed by atoms with Crippen molar-refractivity contribution < 1.29 is 13.2 Å². The van der Waals surface area contributed by atoms with E-state index in [1.54, 1.807) is 12.1 Å². The molecule has 2 heterocycles. The number of nitrogens with one attached hydrogen (secondary N) is 3.